The van der Waals surface area contributed by atoms with Crippen molar-refractivity contribution in [3.05, 3.63) is 109 Å². The minimum Gasteiger partial charge on any atom is -0.454 e. The molecule has 0 aliphatic carbocycles. The molecule has 2 heterocycles. The van der Waals surface area contributed by atoms with Gasteiger partial charge in [-0.05, 0) is 45.0 Å². The lowest BCUT2D eigenvalue weighted by Gasteiger charge is -2.09. The number of hydrogen-bond donors (Lipinski definition) is 0. The number of ketones is 1. The third-order valence-electron chi connectivity index (χ3n) is 6.13. The fraction of sp³-hybridized carbons (Fsp3) is 0.192. The molecule has 0 radical (unpaired) electrons. The fourth-order valence-electron chi connectivity index (χ4n) is 4.29. The number of aromatic nitrogens is 3. The van der Waals surface area contributed by atoms with Gasteiger partial charge in [0, 0.05) is 30.1 Å². The number of para-hydroxylation sites is 2. The Kier molecular flexibility index (Phi) is 6.43. The highest BCUT2D eigenvalue weighted by atomic mass is 16.6. The number of esters is 1. The van der Waals surface area contributed by atoms with Crippen molar-refractivity contribution in [3.63, 3.8) is 0 Å². The molecule has 184 valence electrons. The Labute approximate surface area is 206 Å². The van der Waals surface area contributed by atoms with Crippen LogP contribution < -0.4 is 5.56 Å². The van der Waals surface area contributed by atoms with Crippen LogP contribution in [0.1, 0.15) is 37.8 Å². The molecule has 0 bridgehead atoms. The van der Waals surface area contributed by atoms with Gasteiger partial charge >= 0.3 is 5.97 Å². The predicted octanol–water partition coefficient (Wildman–Crippen LogP) is 3.84. The maximum absolute atomic E-state index is 13.5. The summed E-state index contributed by atoms with van der Waals surface area (Å²) in [5.74, 6) is -1.45. The molecular formula is C26H24N4O6. The van der Waals surface area contributed by atoms with Gasteiger partial charge in [-0.2, -0.15) is 0 Å². The number of carbonyl (C=O) groups is 2. The summed E-state index contributed by atoms with van der Waals surface area (Å²) in [6, 6.07) is 16.2. The van der Waals surface area contributed by atoms with Crippen LogP contribution in [-0.4, -0.2) is 37.2 Å². The average molecular weight is 489 g/mol. The molecule has 0 fully saturated rings. The molecule has 10 heteroatoms. The maximum Gasteiger partial charge on any atom is 0.345 e. The van der Waals surface area contributed by atoms with Gasteiger partial charge in [0.05, 0.1) is 16.3 Å². The van der Waals surface area contributed by atoms with Gasteiger partial charge in [-0.3, -0.25) is 24.4 Å². The van der Waals surface area contributed by atoms with Crippen molar-refractivity contribution in [2.45, 2.75) is 20.8 Å². The molecule has 2 aromatic heterocycles. The molecular weight excluding hydrogens is 464 g/mol. The first-order valence-corrected chi connectivity index (χ1v) is 11.1. The topological polar surface area (TPSA) is 118 Å². The van der Waals surface area contributed by atoms with E-state index in [1.165, 1.54) is 24.3 Å². The molecule has 0 spiro atoms. The lowest BCUT2D eigenvalue weighted by atomic mass is 10.1. The molecule has 0 saturated carbocycles. The molecule has 36 heavy (non-hydrogen) atoms. The highest BCUT2D eigenvalue weighted by molar-refractivity contribution is 6.01. The second-order valence-electron chi connectivity index (χ2n) is 8.30. The summed E-state index contributed by atoms with van der Waals surface area (Å²) in [5.41, 5.74) is 2.41. The Bertz CT molecular complexity index is 1560. The van der Waals surface area contributed by atoms with Crippen molar-refractivity contribution in [2.24, 2.45) is 7.05 Å². The van der Waals surface area contributed by atoms with Gasteiger partial charge in [0.15, 0.2) is 6.61 Å². The van der Waals surface area contributed by atoms with Gasteiger partial charge in [-0.15, -0.1) is 0 Å². The quantitative estimate of drug-likeness (QED) is 0.169. The number of carbonyl (C=O) groups excluding carboxylic acids is 2. The number of ether oxygens (including phenoxy) is 1. The highest BCUT2D eigenvalue weighted by Gasteiger charge is 2.25. The first-order chi connectivity index (χ1) is 17.1. The zero-order chi connectivity index (χ0) is 26.1. The minimum absolute atomic E-state index is 0.234. The second kappa shape index (κ2) is 9.49. The predicted molar refractivity (Wildman–Crippen MR) is 132 cm³/mol. The molecule has 0 aliphatic heterocycles. The number of nitro groups is 1. The summed E-state index contributed by atoms with van der Waals surface area (Å²) in [4.78, 5) is 49.3. The molecule has 4 aromatic rings. The third kappa shape index (κ3) is 4.13. The van der Waals surface area contributed by atoms with E-state index in [1.54, 1.807) is 40.9 Å². The van der Waals surface area contributed by atoms with Crippen molar-refractivity contribution in [2.75, 3.05) is 6.61 Å². The summed E-state index contributed by atoms with van der Waals surface area (Å²) >= 11 is 0. The summed E-state index contributed by atoms with van der Waals surface area (Å²) in [6.07, 6.45) is 0. The van der Waals surface area contributed by atoms with Gasteiger partial charge in [-0.1, -0.05) is 30.3 Å². The number of nitrogens with zero attached hydrogens (tertiary/aromatic N) is 4. The number of nitro benzene ring substituents is 1. The van der Waals surface area contributed by atoms with Gasteiger partial charge in [0.25, 0.3) is 11.2 Å². The van der Waals surface area contributed by atoms with Crippen molar-refractivity contribution in [3.8, 4) is 11.4 Å². The minimum atomic E-state index is -0.964. The molecule has 0 N–H and O–H groups in total. The zero-order valence-corrected chi connectivity index (χ0v) is 20.2. The Hall–Kier alpha value is -4.73. The van der Waals surface area contributed by atoms with Gasteiger partial charge in [0.1, 0.15) is 11.3 Å². The first-order valence-electron chi connectivity index (χ1n) is 11.1. The molecule has 0 atom stereocenters. The molecule has 10 nitrogen and oxygen atoms in total. The zero-order valence-electron chi connectivity index (χ0n) is 20.2. The molecule has 0 saturated heterocycles. The summed E-state index contributed by atoms with van der Waals surface area (Å²) < 4.78 is 10.1. The highest BCUT2D eigenvalue weighted by Crippen LogP contribution is 2.24. The van der Waals surface area contributed by atoms with Crippen LogP contribution in [0.4, 0.5) is 5.69 Å². The lowest BCUT2D eigenvalue weighted by molar-refractivity contribution is -0.385. The molecule has 2 aromatic carbocycles. The fourth-order valence-corrected chi connectivity index (χ4v) is 4.29. The van der Waals surface area contributed by atoms with Crippen molar-refractivity contribution in [1.82, 2.24) is 13.9 Å². The monoisotopic (exact) mass is 488 g/mol. The molecule has 0 unspecified atom stereocenters. The van der Waals surface area contributed by atoms with Crippen LogP contribution >= 0.6 is 0 Å². The van der Waals surface area contributed by atoms with Crippen LogP contribution in [0.3, 0.4) is 0 Å². The van der Waals surface area contributed by atoms with E-state index in [0.717, 1.165) is 0 Å². The number of Topliss-reactive ketones (excluding diaryl/α,β-unsaturated/α-hetero) is 1. The average Bonchev–Trinajstić information content (AvgIpc) is 3.28. The molecule has 0 amide bonds. The van der Waals surface area contributed by atoms with E-state index < -0.39 is 29.0 Å². The van der Waals surface area contributed by atoms with Crippen LogP contribution in [0.2, 0.25) is 0 Å². The van der Waals surface area contributed by atoms with Crippen molar-refractivity contribution >= 4 is 17.4 Å². The SMILES string of the molecule is Cc1cc(C(=O)COC(=O)c2ccccc2[N+](=O)[O-])c(C)n1-c1c(C)n(C)n(-c2ccccc2)c1=O. The number of hydrogen-bond acceptors (Lipinski definition) is 6. The van der Waals surface area contributed by atoms with Crippen LogP contribution in [0.25, 0.3) is 11.4 Å². The van der Waals surface area contributed by atoms with E-state index in [0.29, 0.717) is 28.5 Å². The van der Waals surface area contributed by atoms with Crippen LogP contribution in [-0.2, 0) is 11.8 Å². The van der Waals surface area contributed by atoms with E-state index >= 15 is 0 Å². The summed E-state index contributed by atoms with van der Waals surface area (Å²) in [7, 11) is 1.79. The summed E-state index contributed by atoms with van der Waals surface area (Å²) in [6.45, 7) is 4.72. The van der Waals surface area contributed by atoms with Crippen LogP contribution in [0.15, 0.2) is 65.5 Å². The smallest absolute Gasteiger partial charge is 0.345 e. The third-order valence-corrected chi connectivity index (χ3v) is 6.13. The van der Waals surface area contributed by atoms with E-state index in [1.807, 2.05) is 37.3 Å². The Morgan fingerprint density at radius 1 is 0.944 bits per heavy atom. The number of benzene rings is 2. The van der Waals surface area contributed by atoms with Crippen molar-refractivity contribution in [1.29, 1.82) is 0 Å². The van der Waals surface area contributed by atoms with Crippen LogP contribution in [0, 0.1) is 30.9 Å². The molecule has 4 rings (SSSR count). The Balaban J connectivity index is 1.65. The van der Waals surface area contributed by atoms with Crippen molar-refractivity contribution < 1.29 is 19.2 Å². The largest absolute Gasteiger partial charge is 0.454 e. The first kappa shape index (κ1) is 24.4. The lowest BCUT2D eigenvalue weighted by Crippen LogP contribution is -2.22. The number of rotatable bonds is 7. The van der Waals surface area contributed by atoms with E-state index in [9.17, 15) is 24.5 Å². The van der Waals surface area contributed by atoms with Gasteiger partial charge < -0.3 is 9.30 Å². The number of aryl methyl sites for hydroxylation is 1. The Morgan fingerprint density at radius 3 is 2.25 bits per heavy atom. The van der Waals surface area contributed by atoms with E-state index in [-0.39, 0.29) is 16.7 Å². The van der Waals surface area contributed by atoms with E-state index in [2.05, 4.69) is 0 Å². The normalized spacial score (nSPS) is 10.9. The van der Waals surface area contributed by atoms with E-state index in [4.69, 9.17) is 4.74 Å². The second-order valence-corrected chi connectivity index (χ2v) is 8.30. The standard InChI is InChI=1S/C26H24N4O6/c1-16-14-21(23(31)15-36-26(33)20-12-8-9-13-22(20)30(34)35)17(2)28(16)24-18(3)27(4)29(25(24)32)19-10-6-5-7-11-19/h5-14H,15H2,1-4H3. The van der Waals surface area contributed by atoms with Gasteiger partial charge in [0.2, 0.25) is 5.78 Å². The van der Waals surface area contributed by atoms with Crippen LogP contribution in [0.5, 0.6) is 0 Å². The maximum atomic E-state index is 13.5. The summed E-state index contributed by atoms with van der Waals surface area (Å²) in [5, 5.41) is 11.2. The van der Waals surface area contributed by atoms with Gasteiger partial charge in [-0.25, -0.2) is 9.48 Å². The Morgan fingerprint density at radius 2 is 1.58 bits per heavy atom. The molecule has 0 aliphatic rings.